The lowest BCUT2D eigenvalue weighted by Crippen LogP contribution is -2.47. The van der Waals surface area contributed by atoms with Crippen molar-refractivity contribution in [3.05, 3.63) is 95.1 Å². The molecule has 1 atom stereocenters. The maximum absolute atomic E-state index is 13.6. The fourth-order valence-electron chi connectivity index (χ4n) is 6.85. The number of likely N-dealkylation sites (tertiary alicyclic amines) is 1. The second-order valence-electron chi connectivity index (χ2n) is 11.1. The third-order valence-corrected chi connectivity index (χ3v) is 8.71. The topological polar surface area (TPSA) is 52.7 Å². The molecule has 3 aromatic carbocycles. The van der Waals surface area contributed by atoms with E-state index in [-0.39, 0.29) is 11.9 Å². The maximum Gasteiger partial charge on any atom is 0.405 e. The Kier molecular flexibility index (Phi) is 6.90. The molecule has 0 saturated carbocycles. The normalized spacial score (nSPS) is 19.4. The molecular formula is C32H32F3N3O2. The van der Waals surface area contributed by atoms with Crippen molar-refractivity contribution in [3.8, 4) is 11.1 Å². The number of amides is 2. The van der Waals surface area contributed by atoms with Gasteiger partial charge in [-0.2, -0.15) is 13.2 Å². The van der Waals surface area contributed by atoms with Crippen LogP contribution in [0, 0.1) is 0 Å². The number of hydrogen-bond acceptors (Lipinski definition) is 3. The molecule has 208 valence electrons. The molecule has 8 heteroatoms. The van der Waals surface area contributed by atoms with E-state index in [0.717, 1.165) is 65.9 Å². The van der Waals surface area contributed by atoms with Gasteiger partial charge < -0.3 is 15.1 Å². The summed E-state index contributed by atoms with van der Waals surface area (Å²) in [5.74, 6) is -0.497. The van der Waals surface area contributed by atoms with Crippen molar-refractivity contribution in [1.29, 1.82) is 0 Å². The fraction of sp³-hybridized carbons (Fsp3) is 0.375. The fourth-order valence-corrected chi connectivity index (χ4v) is 6.85. The smallest absolute Gasteiger partial charge is 0.346 e. The predicted octanol–water partition coefficient (Wildman–Crippen LogP) is 5.53. The zero-order chi connectivity index (χ0) is 27.9. The summed E-state index contributed by atoms with van der Waals surface area (Å²) in [6, 6.07) is 23.1. The summed E-state index contributed by atoms with van der Waals surface area (Å²) in [6.45, 7) is 1.82. The van der Waals surface area contributed by atoms with Gasteiger partial charge in [-0.05, 0) is 59.7 Å². The first-order valence-electron chi connectivity index (χ1n) is 13.9. The molecule has 1 fully saturated rings. The Bertz CT molecular complexity index is 1390. The Balaban J connectivity index is 1.14. The third kappa shape index (κ3) is 4.68. The molecule has 2 aliphatic heterocycles. The highest BCUT2D eigenvalue weighted by atomic mass is 19.4. The number of carbonyl (C=O) groups excluding carboxylic acids is 2. The number of nitrogens with one attached hydrogen (secondary N) is 1. The number of unbranched alkanes of at least 4 members (excludes halogenated alkanes) is 1. The minimum atomic E-state index is -4.49. The molecule has 40 heavy (non-hydrogen) atoms. The molecule has 1 N–H and O–H groups in total. The van der Waals surface area contributed by atoms with Gasteiger partial charge in [0.05, 0.1) is 0 Å². The Hall–Kier alpha value is -3.65. The lowest BCUT2D eigenvalue weighted by molar-refractivity contribution is -0.141. The van der Waals surface area contributed by atoms with Gasteiger partial charge in [0.2, 0.25) is 5.91 Å². The van der Waals surface area contributed by atoms with E-state index >= 15 is 0 Å². The van der Waals surface area contributed by atoms with Crippen molar-refractivity contribution in [2.45, 2.75) is 49.9 Å². The molecule has 1 unspecified atom stereocenters. The van der Waals surface area contributed by atoms with Gasteiger partial charge in [-0.3, -0.25) is 9.59 Å². The SMILES string of the molecule is O=C1c2ccccc2CN1C1CCN(CCCCC2(C(=O)NCC(F)(F)F)c3ccccc3-c3ccccc32)C1. The molecule has 5 nitrogen and oxygen atoms in total. The molecule has 3 aromatic rings. The van der Waals surface area contributed by atoms with Crippen LogP contribution in [0.3, 0.4) is 0 Å². The van der Waals surface area contributed by atoms with Gasteiger partial charge in [0.15, 0.2) is 0 Å². The Morgan fingerprint density at radius 2 is 1.52 bits per heavy atom. The summed E-state index contributed by atoms with van der Waals surface area (Å²) in [5, 5.41) is 2.21. The highest BCUT2D eigenvalue weighted by Gasteiger charge is 2.49. The molecule has 6 rings (SSSR count). The number of hydrogen-bond donors (Lipinski definition) is 1. The first-order valence-corrected chi connectivity index (χ1v) is 13.9. The van der Waals surface area contributed by atoms with E-state index in [1.807, 2.05) is 77.7 Å². The standard InChI is InChI=1S/C32H32F3N3O2/c33-32(34,35)21-36-30(40)31(27-13-5-3-11-25(27)26-12-4-6-14-28(26)31)16-7-8-17-37-18-15-23(20-37)38-19-22-9-1-2-10-24(22)29(38)39/h1-6,9-14,23H,7-8,15-21H2,(H,36,40). The van der Waals surface area contributed by atoms with E-state index < -0.39 is 24.0 Å². The van der Waals surface area contributed by atoms with Gasteiger partial charge in [-0.1, -0.05) is 73.2 Å². The lowest BCUT2D eigenvalue weighted by atomic mass is 9.73. The van der Waals surface area contributed by atoms with E-state index in [1.165, 1.54) is 0 Å². The van der Waals surface area contributed by atoms with Crippen LogP contribution in [0.4, 0.5) is 13.2 Å². The number of carbonyl (C=O) groups is 2. The molecule has 0 spiro atoms. The summed E-state index contributed by atoms with van der Waals surface area (Å²) in [7, 11) is 0. The summed E-state index contributed by atoms with van der Waals surface area (Å²) in [6.07, 6.45) is -1.66. The monoisotopic (exact) mass is 547 g/mol. The van der Waals surface area contributed by atoms with Crippen LogP contribution < -0.4 is 5.32 Å². The van der Waals surface area contributed by atoms with Crippen molar-refractivity contribution in [1.82, 2.24) is 15.1 Å². The second-order valence-corrected chi connectivity index (χ2v) is 11.1. The van der Waals surface area contributed by atoms with Gasteiger partial charge in [0, 0.05) is 31.2 Å². The van der Waals surface area contributed by atoms with E-state index in [9.17, 15) is 22.8 Å². The average Bonchev–Trinajstić information content (AvgIpc) is 3.63. The van der Waals surface area contributed by atoms with Crippen LogP contribution in [-0.2, 0) is 16.8 Å². The minimum absolute atomic E-state index is 0.104. The number of benzene rings is 3. The average molecular weight is 548 g/mol. The third-order valence-electron chi connectivity index (χ3n) is 8.71. The zero-order valence-corrected chi connectivity index (χ0v) is 22.2. The Morgan fingerprint density at radius 1 is 0.900 bits per heavy atom. The highest BCUT2D eigenvalue weighted by molar-refractivity contribution is 6.00. The Morgan fingerprint density at radius 3 is 2.17 bits per heavy atom. The van der Waals surface area contributed by atoms with E-state index in [4.69, 9.17) is 0 Å². The lowest BCUT2D eigenvalue weighted by Gasteiger charge is -2.31. The molecule has 1 saturated heterocycles. The first kappa shape index (κ1) is 26.6. The van der Waals surface area contributed by atoms with Crippen molar-refractivity contribution in [2.75, 3.05) is 26.2 Å². The summed E-state index contributed by atoms with van der Waals surface area (Å²) >= 11 is 0. The molecule has 0 radical (unpaired) electrons. The van der Waals surface area contributed by atoms with Crippen molar-refractivity contribution >= 4 is 11.8 Å². The van der Waals surface area contributed by atoms with Crippen molar-refractivity contribution in [3.63, 3.8) is 0 Å². The molecule has 0 aromatic heterocycles. The second kappa shape index (κ2) is 10.4. The van der Waals surface area contributed by atoms with Crippen molar-refractivity contribution < 1.29 is 22.8 Å². The number of fused-ring (bicyclic) bond motifs is 4. The summed E-state index contributed by atoms with van der Waals surface area (Å²) < 4.78 is 39.3. The minimum Gasteiger partial charge on any atom is -0.346 e. The summed E-state index contributed by atoms with van der Waals surface area (Å²) in [5.41, 5.74) is 4.05. The van der Waals surface area contributed by atoms with Crippen LogP contribution in [0.5, 0.6) is 0 Å². The van der Waals surface area contributed by atoms with E-state index in [0.29, 0.717) is 19.4 Å². The summed E-state index contributed by atoms with van der Waals surface area (Å²) in [4.78, 5) is 30.9. The van der Waals surface area contributed by atoms with Crippen molar-refractivity contribution in [2.24, 2.45) is 0 Å². The van der Waals surface area contributed by atoms with E-state index in [2.05, 4.69) is 10.2 Å². The van der Waals surface area contributed by atoms with Crippen LogP contribution in [0.1, 0.15) is 52.7 Å². The number of rotatable bonds is 8. The Labute approximate surface area is 232 Å². The molecule has 1 aliphatic carbocycles. The van der Waals surface area contributed by atoms with Crippen LogP contribution in [0.25, 0.3) is 11.1 Å². The molecule has 3 aliphatic rings. The molecular weight excluding hydrogens is 515 g/mol. The van der Waals surface area contributed by atoms with Crippen LogP contribution in [-0.4, -0.2) is 60.0 Å². The highest BCUT2D eigenvalue weighted by Crippen LogP contribution is 2.51. The number of alkyl halides is 3. The first-order chi connectivity index (χ1) is 19.3. The number of nitrogens with zero attached hydrogens (tertiary/aromatic N) is 2. The maximum atomic E-state index is 13.6. The van der Waals surface area contributed by atoms with Gasteiger partial charge in [-0.15, -0.1) is 0 Å². The van der Waals surface area contributed by atoms with Crippen LogP contribution in [0.15, 0.2) is 72.8 Å². The van der Waals surface area contributed by atoms with Crippen LogP contribution in [0.2, 0.25) is 0 Å². The molecule has 2 heterocycles. The van der Waals surface area contributed by atoms with Gasteiger partial charge in [0.1, 0.15) is 12.0 Å². The van der Waals surface area contributed by atoms with E-state index in [1.54, 1.807) is 0 Å². The largest absolute Gasteiger partial charge is 0.405 e. The number of halogens is 3. The van der Waals surface area contributed by atoms with Gasteiger partial charge in [0.25, 0.3) is 5.91 Å². The van der Waals surface area contributed by atoms with Gasteiger partial charge in [-0.25, -0.2) is 0 Å². The molecule has 0 bridgehead atoms. The zero-order valence-electron chi connectivity index (χ0n) is 22.2. The van der Waals surface area contributed by atoms with Crippen LogP contribution >= 0.6 is 0 Å². The van der Waals surface area contributed by atoms with Gasteiger partial charge >= 0.3 is 6.18 Å². The predicted molar refractivity (Wildman–Crippen MR) is 147 cm³/mol. The quantitative estimate of drug-likeness (QED) is 0.377. The molecule has 2 amide bonds.